The third-order valence-corrected chi connectivity index (χ3v) is 3.03. The van der Waals surface area contributed by atoms with Crippen LogP contribution in [0.3, 0.4) is 0 Å². The van der Waals surface area contributed by atoms with Crippen LogP contribution in [0.25, 0.3) is 0 Å². The molecule has 96 valence electrons. The van der Waals surface area contributed by atoms with Gasteiger partial charge in [-0.3, -0.25) is 4.79 Å². The first-order chi connectivity index (χ1) is 8.02. The van der Waals surface area contributed by atoms with Crippen LogP contribution in [0.4, 0.5) is 0 Å². The average Bonchev–Trinajstić information content (AvgIpc) is 2.35. The lowest BCUT2D eigenvalue weighted by molar-refractivity contribution is -0.133. The molecular formula is C12H19NO4. The van der Waals surface area contributed by atoms with Crippen molar-refractivity contribution in [2.24, 2.45) is 5.92 Å². The third kappa shape index (κ3) is 4.19. The van der Waals surface area contributed by atoms with E-state index in [4.69, 9.17) is 9.84 Å². The van der Waals surface area contributed by atoms with Crippen LogP contribution in [-0.4, -0.2) is 36.7 Å². The van der Waals surface area contributed by atoms with Gasteiger partial charge in [-0.15, -0.1) is 0 Å². The van der Waals surface area contributed by atoms with Crippen molar-refractivity contribution >= 4 is 11.9 Å². The summed E-state index contributed by atoms with van der Waals surface area (Å²) in [4.78, 5) is 22.4. The van der Waals surface area contributed by atoms with E-state index in [2.05, 4.69) is 5.32 Å². The number of rotatable bonds is 4. The molecule has 1 rings (SSSR count). The zero-order valence-electron chi connectivity index (χ0n) is 10.3. The molecule has 0 aromatic carbocycles. The molecule has 1 heterocycles. The smallest absolute Gasteiger partial charge is 0.331 e. The highest BCUT2D eigenvalue weighted by Crippen LogP contribution is 2.12. The molecule has 2 N–H and O–H groups in total. The molecule has 0 radical (unpaired) electrons. The van der Waals surface area contributed by atoms with Crippen molar-refractivity contribution in [1.29, 1.82) is 0 Å². The lowest BCUT2D eigenvalue weighted by Crippen LogP contribution is -2.34. The average molecular weight is 241 g/mol. The maximum Gasteiger partial charge on any atom is 0.331 e. The second-order valence-electron chi connectivity index (χ2n) is 4.35. The summed E-state index contributed by atoms with van der Waals surface area (Å²) in [5.74, 6) is -1.03. The number of nitrogens with one attached hydrogen (secondary N) is 1. The van der Waals surface area contributed by atoms with Crippen LogP contribution < -0.4 is 5.32 Å². The predicted octanol–water partition coefficient (Wildman–Crippen LogP) is 0.950. The summed E-state index contributed by atoms with van der Waals surface area (Å²) in [5.41, 5.74) is 0.344. The predicted molar refractivity (Wildman–Crippen MR) is 62.6 cm³/mol. The summed E-state index contributed by atoms with van der Waals surface area (Å²) < 4.78 is 5.30. The summed E-state index contributed by atoms with van der Waals surface area (Å²) in [6.45, 7) is 4.96. The zero-order chi connectivity index (χ0) is 12.8. The van der Waals surface area contributed by atoms with Gasteiger partial charge in [0.1, 0.15) is 0 Å². The van der Waals surface area contributed by atoms with Gasteiger partial charge in [-0.05, 0) is 32.6 Å². The molecular weight excluding hydrogens is 222 g/mol. The number of carboxylic acid groups (broad SMARTS) is 1. The molecule has 0 saturated carbocycles. The van der Waals surface area contributed by atoms with Crippen LogP contribution >= 0.6 is 0 Å². The third-order valence-electron chi connectivity index (χ3n) is 3.03. The number of ether oxygens (including phenoxy) is 1. The molecule has 1 fully saturated rings. The second kappa shape index (κ2) is 6.39. The largest absolute Gasteiger partial charge is 0.478 e. The minimum Gasteiger partial charge on any atom is -0.478 e. The van der Waals surface area contributed by atoms with Gasteiger partial charge in [-0.1, -0.05) is 0 Å². The van der Waals surface area contributed by atoms with Gasteiger partial charge >= 0.3 is 5.97 Å². The van der Waals surface area contributed by atoms with E-state index in [1.165, 1.54) is 13.8 Å². The summed E-state index contributed by atoms with van der Waals surface area (Å²) >= 11 is 0. The fourth-order valence-electron chi connectivity index (χ4n) is 1.67. The molecule has 1 atom stereocenters. The zero-order valence-corrected chi connectivity index (χ0v) is 10.3. The lowest BCUT2D eigenvalue weighted by atomic mass is 10.0. The van der Waals surface area contributed by atoms with Crippen molar-refractivity contribution in [3.05, 3.63) is 11.1 Å². The van der Waals surface area contributed by atoms with Gasteiger partial charge in [0.2, 0.25) is 5.91 Å². The Labute approximate surface area is 101 Å². The Morgan fingerprint density at radius 1 is 1.35 bits per heavy atom. The number of carbonyl (C=O) groups is 2. The summed E-state index contributed by atoms with van der Waals surface area (Å²) in [7, 11) is 0. The molecule has 17 heavy (non-hydrogen) atoms. The number of hydrogen-bond acceptors (Lipinski definition) is 3. The van der Waals surface area contributed by atoms with E-state index in [0.717, 1.165) is 19.4 Å². The number of amides is 1. The van der Waals surface area contributed by atoms with Crippen LogP contribution in [0.2, 0.25) is 0 Å². The second-order valence-corrected chi connectivity index (χ2v) is 4.35. The van der Waals surface area contributed by atoms with Crippen LogP contribution in [0.1, 0.15) is 26.7 Å². The minimum absolute atomic E-state index is 0.0856. The first kappa shape index (κ1) is 13.7. The first-order valence-electron chi connectivity index (χ1n) is 5.79. The van der Waals surface area contributed by atoms with Gasteiger partial charge in [-0.2, -0.15) is 0 Å². The van der Waals surface area contributed by atoms with Gasteiger partial charge in [-0.25, -0.2) is 4.79 Å². The Balaban J connectivity index is 2.43. The van der Waals surface area contributed by atoms with Crippen molar-refractivity contribution in [3.8, 4) is 0 Å². The Kier molecular flexibility index (Phi) is 5.15. The molecule has 1 saturated heterocycles. The maximum absolute atomic E-state index is 11.7. The number of carbonyl (C=O) groups excluding carboxylic acids is 1. The van der Waals surface area contributed by atoms with Crippen LogP contribution in [-0.2, 0) is 14.3 Å². The standard InChI is InChI=1S/C12H19NO4/c1-8(9(2)12(15)16)11(14)13-6-10-4-3-5-17-7-10/h10H,3-7H2,1-2H3,(H,13,14)(H,15,16). The molecule has 5 heteroatoms. The van der Waals surface area contributed by atoms with E-state index in [0.29, 0.717) is 19.1 Å². The first-order valence-corrected chi connectivity index (χ1v) is 5.79. The molecule has 1 aliphatic heterocycles. The topological polar surface area (TPSA) is 75.6 Å². The van der Waals surface area contributed by atoms with E-state index in [1.54, 1.807) is 0 Å². The van der Waals surface area contributed by atoms with Crippen LogP contribution in [0.15, 0.2) is 11.1 Å². The van der Waals surface area contributed by atoms with E-state index in [1.807, 2.05) is 0 Å². The summed E-state index contributed by atoms with van der Waals surface area (Å²) in [6, 6.07) is 0. The molecule has 1 unspecified atom stereocenters. The molecule has 0 aromatic heterocycles. The quantitative estimate of drug-likeness (QED) is 0.718. The Morgan fingerprint density at radius 3 is 2.59 bits per heavy atom. The minimum atomic E-state index is -1.06. The van der Waals surface area contributed by atoms with Crippen molar-refractivity contribution in [1.82, 2.24) is 5.32 Å². The Bertz CT molecular complexity index is 329. The molecule has 0 aliphatic carbocycles. The van der Waals surface area contributed by atoms with Crippen LogP contribution in [0, 0.1) is 5.92 Å². The SMILES string of the molecule is CC(C(=O)O)=C(C)C(=O)NCC1CCCOC1. The van der Waals surface area contributed by atoms with Gasteiger partial charge in [0.05, 0.1) is 6.61 Å². The molecule has 5 nitrogen and oxygen atoms in total. The van der Waals surface area contributed by atoms with E-state index >= 15 is 0 Å². The number of aliphatic carboxylic acids is 1. The number of carboxylic acids is 1. The molecule has 1 aliphatic rings. The van der Waals surface area contributed by atoms with Crippen molar-refractivity contribution in [2.75, 3.05) is 19.8 Å². The van der Waals surface area contributed by atoms with Gasteiger partial charge in [0, 0.05) is 24.3 Å². The van der Waals surface area contributed by atoms with Gasteiger partial charge in [0.25, 0.3) is 0 Å². The summed E-state index contributed by atoms with van der Waals surface area (Å²) in [5, 5.41) is 11.5. The molecule has 1 amide bonds. The highest BCUT2D eigenvalue weighted by molar-refractivity contribution is 6.01. The highest BCUT2D eigenvalue weighted by Gasteiger charge is 2.17. The van der Waals surface area contributed by atoms with Gasteiger partial charge in [0.15, 0.2) is 0 Å². The van der Waals surface area contributed by atoms with E-state index in [-0.39, 0.29) is 17.1 Å². The van der Waals surface area contributed by atoms with Crippen molar-refractivity contribution in [3.63, 3.8) is 0 Å². The molecule has 0 spiro atoms. The fourth-order valence-corrected chi connectivity index (χ4v) is 1.67. The number of hydrogen-bond donors (Lipinski definition) is 2. The highest BCUT2D eigenvalue weighted by atomic mass is 16.5. The Hall–Kier alpha value is -1.36. The summed E-state index contributed by atoms with van der Waals surface area (Å²) in [6.07, 6.45) is 2.06. The Morgan fingerprint density at radius 2 is 2.06 bits per heavy atom. The van der Waals surface area contributed by atoms with Gasteiger partial charge < -0.3 is 15.2 Å². The van der Waals surface area contributed by atoms with Crippen molar-refractivity contribution < 1.29 is 19.4 Å². The van der Waals surface area contributed by atoms with E-state index < -0.39 is 5.97 Å². The molecule has 0 aromatic rings. The van der Waals surface area contributed by atoms with Crippen LogP contribution in [0.5, 0.6) is 0 Å². The molecule has 0 bridgehead atoms. The maximum atomic E-state index is 11.7. The normalized spacial score (nSPS) is 21.6. The monoisotopic (exact) mass is 241 g/mol. The fraction of sp³-hybridized carbons (Fsp3) is 0.667. The van der Waals surface area contributed by atoms with Crippen molar-refractivity contribution in [2.45, 2.75) is 26.7 Å². The van der Waals surface area contributed by atoms with E-state index in [9.17, 15) is 9.59 Å². The lowest BCUT2D eigenvalue weighted by Gasteiger charge is -2.22.